The van der Waals surface area contributed by atoms with E-state index in [0.29, 0.717) is 29.0 Å². The average molecular weight is 446 g/mol. The number of aromatic nitrogens is 3. The van der Waals surface area contributed by atoms with Gasteiger partial charge in [0.25, 0.3) is 15.9 Å². The quantitative estimate of drug-likeness (QED) is 0.485. The number of aryl methyl sites for hydroxylation is 2. The van der Waals surface area contributed by atoms with Gasteiger partial charge in [-0.2, -0.15) is 5.10 Å². The Kier molecular flexibility index (Phi) is 6.37. The number of hydrogen-bond donors (Lipinski definition) is 3. The summed E-state index contributed by atoms with van der Waals surface area (Å²) in [6.45, 7) is 4.26. The van der Waals surface area contributed by atoms with E-state index in [1.54, 1.807) is 23.7 Å². The molecule has 0 saturated heterocycles. The molecule has 0 aliphatic heterocycles. The SMILES string of the molecule is Cc1ccc(NS(=O)(=O)c2ccc(C(=O)NCCc3n[nH]c(=S)n3C)cc2)cc1C. The lowest BCUT2D eigenvalue weighted by Crippen LogP contribution is -2.26. The number of nitrogens with zero attached hydrogens (tertiary/aromatic N) is 2. The zero-order valence-electron chi connectivity index (χ0n) is 16.9. The molecule has 3 aromatic rings. The maximum Gasteiger partial charge on any atom is 0.261 e. The van der Waals surface area contributed by atoms with E-state index >= 15 is 0 Å². The van der Waals surface area contributed by atoms with Crippen molar-refractivity contribution in [1.82, 2.24) is 20.1 Å². The van der Waals surface area contributed by atoms with Crippen LogP contribution in [0, 0.1) is 18.6 Å². The lowest BCUT2D eigenvalue weighted by atomic mass is 10.1. The van der Waals surface area contributed by atoms with Crippen LogP contribution in [0.1, 0.15) is 27.3 Å². The first-order valence-corrected chi connectivity index (χ1v) is 11.1. The van der Waals surface area contributed by atoms with Crippen LogP contribution < -0.4 is 10.0 Å². The highest BCUT2D eigenvalue weighted by atomic mass is 32.2. The number of hydrogen-bond acceptors (Lipinski definition) is 5. The van der Waals surface area contributed by atoms with Gasteiger partial charge in [0.1, 0.15) is 5.82 Å². The number of sulfonamides is 1. The molecule has 30 heavy (non-hydrogen) atoms. The van der Waals surface area contributed by atoms with Gasteiger partial charge >= 0.3 is 0 Å². The minimum absolute atomic E-state index is 0.0822. The largest absolute Gasteiger partial charge is 0.352 e. The first-order valence-electron chi connectivity index (χ1n) is 9.26. The zero-order valence-corrected chi connectivity index (χ0v) is 18.5. The van der Waals surface area contributed by atoms with Crippen molar-refractivity contribution in [3.8, 4) is 0 Å². The van der Waals surface area contributed by atoms with Crippen molar-refractivity contribution >= 4 is 33.8 Å². The Balaban J connectivity index is 1.62. The smallest absolute Gasteiger partial charge is 0.261 e. The number of benzene rings is 2. The first kappa shape index (κ1) is 21.7. The second kappa shape index (κ2) is 8.80. The lowest BCUT2D eigenvalue weighted by Gasteiger charge is -2.10. The molecule has 1 aromatic heterocycles. The number of nitrogens with one attached hydrogen (secondary N) is 3. The van der Waals surface area contributed by atoms with E-state index < -0.39 is 10.0 Å². The maximum absolute atomic E-state index is 12.6. The summed E-state index contributed by atoms with van der Waals surface area (Å²) in [5, 5.41) is 9.57. The molecule has 0 saturated carbocycles. The number of H-pyrrole nitrogens is 1. The van der Waals surface area contributed by atoms with E-state index in [1.165, 1.54) is 24.3 Å². The van der Waals surface area contributed by atoms with Crippen molar-refractivity contribution < 1.29 is 13.2 Å². The molecule has 0 fully saturated rings. The highest BCUT2D eigenvalue weighted by Gasteiger charge is 2.15. The van der Waals surface area contributed by atoms with Gasteiger partial charge in [-0.1, -0.05) is 6.07 Å². The average Bonchev–Trinajstić information content (AvgIpc) is 3.03. The van der Waals surface area contributed by atoms with Gasteiger partial charge in [-0.25, -0.2) is 8.42 Å². The fraction of sp³-hybridized carbons (Fsp3) is 0.250. The Morgan fingerprint density at radius 1 is 1.13 bits per heavy atom. The van der Waals surface area contributed by atoms with E-state index in [0.717, 1.165) is 17.0 Å². The van der Waals surface area contributed by atoms with Gasteiger partial charge in [0.05, 0.1) is 4.90 Å². The Bertz CT molecular complexity index is 1230. The maximum atomic E-state index is 12.6. The third kappa shape index (κ3) is 4.95. The molecule has 0 radical (unpaired) electrons. The number of anilines is 1. The lowest BCUT2D eigenvalue weighted by molar-refractivity contribution is 0.0954. The Morgan fingerprint density at radius 3 is 2.43 bits per heavy atom. The van der Waals surface area contributed by atoms with Crippen LogP contribution in [-0.4, -0.2) is 35.6 Å². The van der Waals surface area contributed by atoms with Crippen molar-refractivity contribution in [3.05, 3.63) is 69.8 Å². The van der Waals surface area contributed by atoms with Gasteiger partial charge in [0.2, 0.25) is 0 Å². The summed E-state index contributed by atoms with van der Waals surface area (Å²) in [5.41, 5.74) is 2.94. The molecule has 0 spiro atoms. The summed E-state index contributed by atoms with van der Waals surface area (Å²) >= 11 is 5.05. The second-order valence-corrected chi connectivity index (χ2v) is 9.01. The predicted octanol–water partition coefficient (Wildman–Crippen LogP) is 2.87. The molecule has 2 aromatic carbocycles. The summed E-state index contributed by atoms with van der Waals surface area (Å²) < 4.78 is 30.0. The number of rotatable bonds is 7. The van der Waals surface area contributed by atoms with Crippen molar-refractivity contribution in [3.63, 3.8) is 0 Å². The van der Waals surface area contributed by atoms with E-state index in [1.807, 2.05) is 19.9 Å². The van der Waals surface area contributed by atoms with Crippen molar-refractivity contribution in [2.75, 3.05) is 11.3 Å². The van der Waals surface area contributed by atoms with Crippen LogP contribution >= 0.6 is 12.2 Å². The van der Waals surface area contributed by atoms with Crippen molar-refractivity contribution in [1.29, 1.82) is 0 Å². The summed E-state index contributed by atoms with van der Waals surface area (Å²) in [7, 11) is -1.95. The molecular formula is C20H23N5O3S2. The van der Waals surface area contributed by atoms with Gasteiger partial charge < -0.3 is 9.88 Å². The molecule has 3 N–H and O–H groups in total. The summed E-state index contributed by atoms with van der Waals surface area (Å²) in [6, 6.07) is 11.2. The van der Waals surface area contributed by atoms with Crippen LogP contribution in [0.4, 0.5) is 5.69 Å². The number of aromatic amines is 1. The molecule has 0 aliphatic carbocycles. The molecule has 0 aliphatic rings. The van der Waals surface area contributed by atoms with Gasteiger partial charge in [-0.3, -0.25) is 14.6 Å². The van der Waals surface area contributed by atoms with E-state index in [9.17, 15) is 13.2 Å². The molecule has 0 bridgehead atoms. The van der Waals surface area contributed by atoms with Crippen LogP contribution in [0.3, 0.4) is 0 Å². The van der Waals surface area contributed by atoms with E-state index in [2.05, 4.69) is 20.2 Å². The summed E-state index contributed by atoms with van der Waals surface area (Å²) in [4.78, 5) is 12.4. The minimum Gasteiger partial charge on any atom is -0.352 e. The van der Waals surface area contributed by atoms with Crippen molar-refractivity contribution in [2.24, 2.45) is 7.05 Å². The van der Waals surface area contributed by atoms with Crippen LogP contribution in [0.5, 0.6) is 0 Å². The third-order valence-electron chi connectivity index (χ3n) is 4.79. The molecule has 10 heteroatoms. The fourth-order valence-electron chi connectivity index (χ4n) is 2.80. The standard InChI is InChI=1S/C20H23N5O3S2/c1-13-4-7-16(12-14(13)2)24-30(27,28)17-8-5-15(6-9-17)19(26)21-11-10-18-22-23-20(29)25(18)3/h4-9,12,24H,10-11H2,1-3H3,(H,21,26)(H,23,29). The highest BCUT2D eigenvalue weighted by Crippen LogP contribution is 2.19. The molecule has 158 valence electrons. The second-order valence-electron chi connectivity index (χ2n) is 6.94. The van der Waals surface area contributed by atoms with Gasteiger partial charge in [0.15, 0.2) is 4.77 Å². The third-order valence-corrected chi connectivity index (χ3v) is 6.55. The predicted molar refractivity (Wildman–Crippen MR) is 118 cm³/mol. The molecule has 1 heterocycles. The minimum atomic E-state index is -3.75. The highest BCUT2D eigenvalue weighted by molar-refractivity contribution is 7.92. The topological polar surface area (TPSA) is 109 Å². The first-order chi connectivity index (χ1) is 14.2. The van der Waals surface area contributed by atoms with Gasteiger partial charge in [-0.05, 0) is 73.6 Å². The Labute approximate surface area is 180 Å². The van der Waals surface area contributed by atoms with Gasteiger partial charge in [0, 0.05) is 31.3 Å². The number of amides is 1. The monoisotopic (exact) mass is 445 g/mol. The number of carbonyl (C=O) groups excluding carboxylic acids is 1. The van der Waals surface area contributed by atoms with Crippen LogP contribution in [0.25, 0.3) is 0 Å². The molecule has 0 atom stereocenters. The molecule has 3 rings (SSSR count). The van der Waals surface area contributed by atoms with Gasteiger partial charge in [-0.15, -0.1) is 0 Å². The molecule has 8 nitrogen and oxygen atoms in total. The Hall–Kier alpha value is -2.98. The van der Waals surface area contributed by atoms with E-state index in [4.69, 9.17) is 12.2 Å². The molecule has 1 amide bonds. The molecular weight excluding hydrogens is 422 g/mol. The van der Waals surface area contributed by atoms with Crippen molar-refractivity contribution in [2.45, 2.75) is 25.2 Å². The van der Waals surface area contributed by atoms with Crippen LogP contribution in [0.2, 0.25) is 0 Å². The number of carbonyl (C=O) groups is 1. The Morgan fingerprint density at radius 2 is 1.83 bits per heavy atom. The van der Waals surface area contributed by atoms with E-state index in [-0.39, 0.29) is 10.8 Å². The van der Waals surface area contributed by atoms with Crippen LogP contribution in [0.15, 0.2) is 47.4 Å². The zero-order chi connectivity index (χ0) is 21.9. The fourth-order valence-corrected chi connectivity index (χ4v) is 4.00. The van der Waals surface area contributed by atoms with Crippen LogP contribution in [-0.2, 0) is 23.5 Å². The molecule has 0 unspecified atom stereocenters. The summed E-state index contributed by atoms with van der Waals surface area (Å²) in [6.07, 6.45) is 0.516. The summed E-state index contributed by atoms with van der Waals surface area (Å²) in [5.74, 6) is 0.442. The normalized spacial score (nSPS) is 11.3.